The average Bonchev–Trinajstić information content (AvgIpc) is 3.23. The Balaban J connectivity index is 1.63. The van der Waals surface area contributed by atoms with Gasteiger partial charge in [0.2, 0.25) is 0 Å². The van der Waals surface area contributed by atoms with E-state index in [0.717, 1.165) is 16.9 Å². The number of fused-ring (bicyclic) bond motifs is 1. The van der Waals surface area contributed by atoms with Gasteiger partial charge in [0, 0.05) is 24.2 Å². The molecule has 0 bridgehead atoms. The fourth-order valence-electron chi connectivity index (χ4n) is 3.55. The molecule has 0 atom stereocenters. The Morgan fingerprint density at radius 2 is 1.94 bits per heavy atom. The zero-order valence-corrected chi connectivity index (χ0v) is 19.7. The van der Waals surface area contributed by atoms with Crippen molar-refractivity contribution in [2.24, 2.45) is 0 Å². The van der Waals surface area contributed by atoms with Crippen LogP contribution in [0, 0.1) is 6.92 Å². The first kappa shape index (κ1) is 23.0. The second-order valence-corrected chi connectivity index (χ2v) is 10.6. The Kier molecular flexibility index (Phi) is 6.54. The monoisotopic (exact) mass is 486 g/mol. The first-order valence-corrected chi connectivity index (χ1v) is 12.4. The van der Waals surface area contributed by atoms with Gasteiger partial charge in [-0.15, -0.1) is 11.3 Å². The lowest BCUT2D eigenvalue weighted by Crippen LogP contribution is -2.36. The summed E-state index contributed by atoms with van der Waals surface area (Å²) in [6.07, 6.45) is 3.27. The van der Waals surface area contributed by atoms with Gasteiger partial charge in [0.1, 0.15) is 9.90 Å². The van der Waals surface area contributed by atoms with E-state index in [1.54, 1.807) is 24.0 Å². The molecule has 2 aromatic heterocycles. The highest BCUT2D eigenvalue weighted by molar-refractivity contribution is 7.91. The number of amides is 1. The topological polar surface area (TPSA) is 119 Å². The van der Waals surface area contributed by atoms with Gasteiger partial charge < -0.3 is 9.64 Å². The van der Waals surface area contributed by atoms with E-state index < -0.39 is 16.0 Å². The molecule has 0 unspecified atom stereocenters. The molecule has 3 aromatic rings. The molecule has 172 valence electrons. The van der Waals surface area contributed by atoms with Gasteiger partial charge in [-0.3, -0.25) is 9.78 Å². The summed E-state index contributed by atoms with van der Waals surface area (Å²) in [5, 5.41) is 0. The molecule has 3 heterocycles. The van der Waals surface area contributed by atoms with Crippen molar-refractivity contribution in [2.45, 2.75) is 30.6 Å². The van der Waals surface area contributed by atoms with Crippen molar-refractivity contribution in [3.63, 3.8) is 0 Å². The van der Waals surface area contributed by atoms with Crippen LogP contribution in [0.4, 0.5) is 0 Å². The molecule has 0 fully saturated rings. The molecule has 0 spiro atoms. The van der Waals surface area contributed by atoms with Crippen LogP contribution >= 0.6 is 11.3 Å². The summed E-state index contributed by atoms with van der Waals surface area (Å²) < 4.78 is 33.6. The number of rotatable bonds is 6. The normalized spacial score (nSPS) is 13.5. The number of hydrogen-bond donors (Lipinski definition) is 1. The fourth-order valence-corrected chi connectivity index (χ4v) is 6.51. The minimum Gasteiger partial charge on any atom is -0.465 e. The SMILES string of the molecule is COC(=O)c1c(S(=O)(=O)NCc2ccccc2)sc2c1CCN(C(=O)c1cnc(C)cn1)C2. The van der Waals surface area contributed by atoms with E-state index in [-0.39, 0.29) is 34.5 Å². The summed E-state index contributed by atoms with van der Waals surface area (Å²) in [4.78, 5) is 35.9. The van der Waals surface area contributed by atoms with E-state index in [2.05, 4.69) is 14.7 Å². The van der Waals surface area contributed by atoms with Crippen molar-refractivity contribution < 1.29 is 22.7 Å². The number of ether oxygens (including phenoxy) is 1. The van der Waals surface area contributed by atoms with E-state index in [1.807, 2.05) is 18.2 Å². The zero-order chi connectivity index (χ0) is 23.6. The van der Waals surface area contributed by atoms with Crippen molar-refractivity contribution in [2.75, 3.05) is 13.7 Å². The summed E-state index contributed by atoms with van der Waals surface area (Å²) in [6.45, 7) is 2.36. The molecule has 0 aliphatic carbocycles. The molecule has 0 radical (unpaired) electrons. The summed E-state index contributed by atoms with van der Waals surface area (Å²) in [6, 6.07) is 9.09. The predicted octanol–water partition coefficient (Wildman–Crippen LogP) is 2.31. The third-order valence-electron chi connectivity index (χ3n) is 5.25. The third kappa shape index (κ3) is 4.80. The van der Waals surface area contributed by atoms with Crippen LogP contribution in [0.2, 0.25) is 0 Å². The van der Waals surface area contributed by atoms with Crippen molar-refractivity contribution in [1.29, 1.82) is 0 Å². The Morgan fingerprint density at radius 3 is 2.61 bits per heavy atom. The van der Waals surface area contributed by atoms with Crippen molar-refractivity contribution in [3.05, 3.63) is 75.7 Å². The second-order valence-electron chi connectivity index (χ2n) is 7.49. The number of aromatic nitrogens is 2. The van der Waals surface area contributed by atoms with Crippen molar-refractivity contribution in [1.82, 2.24) is 19.6 Å². The standard InChI is InChI=1S/C22H22N4O5S2/c1-14-10-24-17(12-23-14)20(27)26-9-8-16-18(13-26)32-22(19(16)21(28)31-2)33(29,30)25-11-15-6-4-3-5-7-15/h3-7,10,12,25H,8-9,11,13H2,1-2H3. The number of benzene rings is 1. The average molecular weight is 487 g/mol. The molecular weight excluding hydrogens is 464 g/mol. The highest BCUT2D eigenvalue weighted by Crippen LogP contribution is 2.37. The van der Waals surface area contributed by atoms with Crippen LogP contribution in [-0.4, -0.2) is 48.8 Å². The van der Waals surface area contributed by atoms with Gasteiger partial charge in [0.15, 0.2) is 0 Å². The van der Waals surface area contributed by atoms with Crippen molar-refractivity contribution in [3.8, 4) is 0 Å². The maximum Gasteiger partial charge on any atom is 0.340 e. The third-order valence-corrected chi connectivity index (χ3v) is 8.39. The number of aryl methyl sites for hydroxylation is 1. The number of esters is 1. The molecule has 1 aromatic carbocycles. The van der Waals surface area contributed by atoms with Crippen LogP contribution in [0.25, 0.3) is 0 Å². The number of carbonyl (C=O) groups is 2. The van der Waals surface area contributed by atoms with Gasteiger partial charge in [-0.25, -0.2) is 22.9 Å². The number of nitrogens with one attached hydrogen (secondary N) is 1. The minimum atomic E-state index is -3.99. The van der Waals surface area contributed by atoms with E-state index in [4.69, 9.17) is 4.74 Å². The van der Waals surface area contributed by atoms with E-state index in [0.29, 0.717) is 29.1 Å². The van der Waals surface area contributed by atoms with Crippen LogP contribution in [0.15, 0.2) is 46.9 Å². The zero-order valence-electron chi connectivity index (χ0n) is 18.1. The van der Waals surface area contributed by atoms with Crippen LogP contribution in [-0.2, 0) is 34.3 Å². The largest absolute Gasteiger partial charge is 0.465 e. The molecule has 4 rings (SSSR count). The fraction of sp³-hybridized carbons (Fsp3) is 0.273. The van der Waals surface area contributed by atoms with E-state index in [9.17, 15) is 18.0 Å². The summed E-state index contributed by atoms with van der Waals surface area (Å²) in [5.74, 6) is -1.01. The Morgan fingerprint density at radius 1 is 1.18 bits per heavy atom. The highest BCUT2D eigenvalue weighted by atomic mass is 32.2. The number of thiophene rings is 1. The second kappa shape index (κ2) is 9.38. The lowest BCUT2D eigenvalue weighted by atomic mass is 10.0. The molecule has 1 aliphatic heterocycles. The lowest BCUT2D eigenvalue weighted by Gasteiger charge is -2.26. The number of sulfonamides is 1. The lowest BCUT2D eigenvalue weighted by molar-refractivity contribution is 0.0595. The molecule has 0 saturated heterocycles. The highest BCUT2D eigenvalue weighted by Gasteiger charge is 2.35. The smallest absolute Gasteiger partial charge is 0.340 e. The van der Waals surface area contributed by atoms with Gasteiger partial charge in [-0.05, 0) is 24.5 Å². The van der Waals surface area contributed by atoms with Crippen LogP contribution < -0.4 is 4.72 Å². The summed E-state index contributed by atoms with van der Waals surface area (Å²) in [7, 11) is -2.77. The maximum absolute atomic E-state index is 13.1. The summed E-state index contributed by atoms with van der Waals surface area (Å²) >= 11 is 0.985. The number of carbonyl (C=O) groups excluding carboxylic acids is 2. The van der Waals surface area contributed by atoms with E-state index >= 15 is 0 Å². The van der Waals surface area contributed by atoms with Gasteiger partial charge in [-0.1, -0.05) is 30.3 Å². The number of hydrogen-bond acceptors (Lipinski definition) is 8. The Bertz CT molecular complexity index is 1290. The first-order valence-electron chi connectivity index (χ1n) is 10.1. The van der Waals surface area contributed by atoms with Gasteiger partial charge in [0.05, 0.1) is 31.1 Å². The Labute approximate surface area is 195 Å². The molecule has 33 heavy (non-hydrogen) atoms. The van der Waals surface area contributed by atoms with Crippen LogP contribution in [0.5, 0.6) is 0 Å². The maximum atomic E-state index is 13.1. The van der Waals surface area contributed by atoms with Gasteiger partial charge >= 0.3 is 5.97 Å². The molecule has 9 nitrogen and oxygen atoms in total. The quantitative estimate of drug-likeness (QED) is 0.531. The van der Waals surface area contributed by atoms with Gasteiger partial charge in [-0.2, -0.15) is 0 Å². The molecule has 1 amide bonds. The number of methoxy groups -OCH3 is 1. The summed E-state index contributed by atoms with van der Waals surface area (Å²) in [5.41, 5.74) is 2.35. The van der Waals surface area contributed by atoms with E-state index in [1.165, 1.54) is 19.5 Å². The first-order chi connectivity index (χ1) is 15.8. The van der Waals surface area contributed by atoms with Crippen LogP contribution in [0.1, 0.15) is 42.5 Å². The molecule has 11 heteroatoms. The molecular formula is C22H22N4O5S2. The predicted molar refractivity (Wildman–Crippen MR) is 121 cm³/mol. The molecule has 0 saturated carbocycles. The molecule has 1 aliphatic rings. The minimum absolute atomic E-state index is 0.0419. The molecule has 1 N–H and O–H groups in total. The van der Waals surface area contributed by atoms with Crippen molar-refractivity contribution >= 4 is 33.2 Å². The van der Waals surface area contributed by atoms with Crippen LogP contribution in [0.3, 0.4) is 0 Å². The van der Waals surface area contributed by atoms with Gasteiger partial charge in [0.25, 0.3) is 15.9 Å². The number of nitrogens with zero attached hydrogens (tertiary/aromatic N) is 3. The Hall–Kier alpha value is -3.15.